The van der Waals surface area contributed by atoms with Crippen molar-refractivity contribution in [1.29, 1.82) is 0 Å². The van der Waals surface area contributed by atoms with Crippen LogP contribution in [-0.2, 0) is 17.9 Å². The molecule has 0 unspecified atom stereocenters. The number of pyridine rings is 1. The summed E-state index contributed by atoms with van der Waals surface area (Å²) in [7, 11) is 0. The molecule has 0 spiro atoms. The van der Waals surface area contributed by atoms with Crippen LogP contribution in [0.1, 0.15) is 18.0 Å². The SMILES string of the molecule is O=C(Cn1cccnc1=O)N1C[C@@H]2C[C@H](C1)c1cc(-c3ccccc3)cc(=O)n1C2. The minimum Gasteiger partial charge on any atom is -0.340 e. The second-order valence-corrected chi connectivity index (χ2v) is 8.11. The molecular weight excluding hydrogens is 380 g/mol. The first-order valence-corrected chi connectivity index (χ1v) is 10.2. The van der Waals surface area contributed by atoms with Crippen molar-refractivity contribution in [3.05, 3.63) is 87.5 Å². The number of hydrogen-bond acceptors (Lipinski definition) is 4. The van der Waals surface area contributed by atoms with Crippen molar-refractivity contribution < 1.29 is 4.79 Å². The summed E-state index contributed by atoms with van der Waals surface area (Å²) in [5.41, 5.74) is 2.51. The highest BCUT2D eigenvalue weighted by Crippen LogP contribution is 2.36. The zero-order chi connectivity index (χ0) is 20.7. The largest absolute Gasteiger partial charge is 0.347 e. The zero-order valence-electron chi connectivity index (χ0n) is 16.5. The number of fused-ring (bicyclic) bond motifs is 4. The number of carbonyl (C=O) groups is 1. The van der Waals surface area contributed by atoms with Crippen molar-refractivity contribution in [3.8, 4) is 11.1 Å². The highest BCUT2D eigenvalue weighted by molar-refractivity contribution is 5.76. The first-order valence-electron chi connectivity index (χ1n) is 10.2. The van der Waals surface area contributed by atoms with Crippen LogP contribution in [0.3, 0.4) is 0 Å². The van der Waals surface area contributed by atoms with Crippen LogP contribution in [0.2, 0.25) is 0 Å². The van der Waals surface area contributed by atoms with Crippen LogP contribution in [0, 0.1) is 5.92 Å². The molecule has 3 aromatic rings. The number of carbonyl (C=O) groups excluding carboxylic acids is 1. The van der Waals surface area contributed by atoms with Gasteiger partial charge in [-0.1, -0.05) is 30.3 Å². The van der Waals surface area contributed by atoms with Crippen molar-refractivity contribution in [2.24, 2.45) is 5.92 Å². The van der Waals surface area contributed by atoms with Gasteiger partial charge in [0.15, 0.2) is 0 Å². The van der Waals surface area contributed by atoms with Gasteiger partial charge in [-0.05, 0) is 35.6 Å². The molecule has 1 aromatic carbocycles. The van der Waals surface area contributed by atoms with E-state index in [1.165, 1.54) is 10.8 Å². The molecule has 2 aliphatic heterocycles. The van der Waals surface area contributed by atoms with Gasteiger partial charge >= 0.3 is 5.69 Å². The van der Waals surface area contributed by atoms with Gasteiger partial charge in [0.2, 0.25) is 5.91 Å². The fraction of sp³-hybridized carbons (Fsp3) is 0.304. The lowest BCUT2D eigenvalue weighted by Crippen LogP contribution is -2.50. The molecule has 0 N–H and O–H groups in total. The maximum absolute atomic E-state index is 12.9. The first kappa shape index (κ1) is 18.5. The number of aromatic nitrogens is 3. The van der Waals surface area contributed by atoms with Crippen molar-refractivity contribution in [3.63, 3.8) is 0 Å². The molecule has 1 amide bonds. The minimum atomic E-state index is -0.424. The number of likely N-dealkylation sites (tertiary alicyclic amines) is 1. The molecule has 0 saturated carbocycles. The van der Waals surface area contributed by atoms with Gasteiger partial charge in [-0.25, -0.2) is 9.78 Å². The molecule has 2 bridgehead atoms. The highest BCUT2D eigenvalue weighted by atomic mass is 16.2. The van der Waals surface area contributed by atoms with E-state index in [0.717, 1.165) is 23.2 Å². The molecule has 2 aromatic heterocycles. The van der Waals surface area contributed by atoms with Gasteiger partial charge in [-0.2, -0.15) is 0 Å². The number of hydrogen-bond donors (Lipinski definition) is 0. The standard InChI is InChI=1S/C23H22N4O3/c28-21-11-18(17-5-2-1-3-6-17)10-20-19-9-16(13-27(20)21)12-26(14-19)22(29)15-25-8-4-7-24-23(25)30/h1-8,10-11,16,19H,9,12-15H2/t16-,19+/m0/s1. The van der Waals surface area contributed by atoms with Crippen LogP contribution in [0.15, 0.2) is 70.5 Å². The second kappa shape index (κ2) is 7.40. The molecule has 0 aliphatic carbocycles. The van der Waals surface area contributed by atoms with E-state index in [0.29, 0.717) is 19.6 Å². The zero-order valence-corrected chi connectivity index (χ0v) is 16.5. The summed E-state index contributed by atoms with van der Waals surface area (Å²) in [6.45, 7) is 1.78. The Labute approximate surface area is 173 Å². The maximum Gasteiger partial charge on any atom is 0.347 e. The summed E-state index contributed by atoms with van der Waals surface area (Å²) in [5.74, 6) is 0.268. The molecule has 7 heteroatoms. The van der Waals surface area contributed by atoms with Crippen LogP contribution in [0.4, 0.5) is 0 Å². The lowest BCUT2D eigenvalue weighted by molar-refractivity contribution is -0.134. The molecular formula is C23H22N4O3. The van der Waals surface area contributed by atoms with Crippen molar-refractivity contribution in [2.75, 3.05) is 13.1 Å². The van der Waals surface area contributed by atoms with Crippen LogP contribution >= 0.6 is 0 Å². The number of benzene rings is 1. The van der Waals surface area contributed by atoms with E-state index in [9.17, 15) is 14.4 Å². The number of piperidine rings is 1. The molecule has 4 heterocycles. The van der Waals surface area contributed by atoms with Crippen LogP contribution < -0.4 is 11.2 Å². The molecule has 30 heavy (non-hydrogen) atoms. The van der Waals surface area contributed by atoms with Crippen LogP contribution in [0.25, 0.3) is 11.1 Å². The topological polar surface area (TPSA) is 77.2 Å². The van der Waals surface area contributed by atoms with Gasteiger partial charge in [-0.3, -0.25) is 14.2 Å². The van der Waals surface area contributed by atoms with Crippen LogP contribution in [-0.4, -0.2) is 38.0 Å². The van der Waals surface area contributed by atoms with E-state index in [1.54, 1.807) is 18.3 Å². The molecule has 1 fully saturated rings. The predicted molar refractivity (Wildman–Crippen MR) is 112 cm³/mol. The Morgan fingerprint density at radius 2 is 1.83 bits per heavy atom. The lowest BCUT2D eigenvalue weighted by atomic mass is 9.82. The predicted octanol–water partition coefficient (Wildman–Crippen LogP) is 1.72. The summed E-state index contributed by atoms with van der Waals surface area (Å²) in [6, 6.07) is 15.3. The van der Waals surface area contributed by atoms with Crippen LogP contribution in [0.5, 0.6) is 0 Å². The third kappa shape index (κ3) is 3.36. The smallest absolute Gasteiger partial charge is 0.340 e. The Morgan fingerprint density at radius 3 is 2.63 bits per heavy atom. The lowest BCUT2D eigenvalue weighted by Gasteiger charge is -2.43. The molecule has 2 aliphatic rings. The molecule has 7 nitrogen and oxygen atoms in total. The fourth-order valence-electron chi connectivity index (χ4n) is 4.71. The Bertz CT molecular complexity index is 1210. The van der Waals surface area contributed by atoms with Gasteiger partial charge in [0.05, 0.1) is 0 Å². The van der Waals surface area contributed by atoms with Gasteiger partial charge in [0.1, 0.15) is 6.54 Å². The second-order valence-electron chi connectivity index (χ2n) is 8.11. The average molecular weight is 402 g/mol. The Balaban J connectivity index is 1.43. The molecule has 5 rings (SSSR count). The summed E-state index contributed by atoms with van der Waals surface area (Å²) in [4.78, 5) is 43.1. The Hall–Kier alpha value is -3.48. The van der Waals surface area contributed by atoms with E-state index >= 15 is 0 Å². The molecule has 1 saturated heterocycles. The number of amides is 1. The van der Waals surface area contributed by atoms with Crippen molar-refractivity contribution in [1.82, 2.24) is 19.0 Å². The highest BCUT2D eigenvalue weighted by Gasteiger charge is 2.36. The van der Waals surface area contributed by atoms with Crippen molar-refractivity contribution >= 4 is 5.91 Å². The van der Waals surface area contributed by atoms with E-state index in [-0.39, 0.29) is 29.8 Å². The minimum absolute atomic E-state index is 0.0109. The van der Waals surface area contributed by atoms with Gasteiger partial charge in [0, 0.05) is 49.7 Å². The van der Waals surface area contributed by atoms with Gasteiger partial charge in [-0.15, -0.1) is 0 Å². The summed E-state index contributed by atoms with van der Waals surface area (Å²) >= 11 is 0. The van der Waals surface area contributed by atoms with E-state index in [1.807, 2.05) is 39.8 Å². The molecule has 152 valence electrons. The summed E-state index contributed by atoms with van der Waals surface area (Å²) < 4.78 is 3.21. The van der Waals surface area contributed by atoms with E-state index in [2.05, 4.69) is 11.1 Å². The van der Waals surface area contributed by atoms with Gasteiger partial charge in [0.25, 0.3) is 5.56 Å². The number of rotatable bonds is 3. The monoisotopic (exact) mass is 402 g/mol. The van der Waals surface area contributed by atoms with Crippen molar-refractivity contribution in [2.45, 2.75) is 25.4 Å². The summed E-state index contributed by atoms with van der Waals surface area (Å²) in [6.07, 6.45) is 3.97. The summed E-state index contributed by atoms with van der Waals surface area (Å²) in [5, 5.41) is 0. The third-order valence-electron chi connectivity index (χ3n) is 6.10. The fourth-order valence-corrected chi connectivity index (χ4v) is 4.71. The number of nitrogens with zero attached hydrogens (tertiary/aromatic N) is 4. The van der Waals surface area contributed by atoms with E-state index < -0.39 is 5.69 Å². The average Bonchev–Trinajstić information content (AvgIpc) is 2.76. The Morgan fingerprint density at radius 1 is 1.00 bits per heavy atom. The molecule has 0 radical (unpaired) electrons. The Kier molecular flexibility index (Phi) is 4.58. The normalized spacial score (nSPS) is 19.9. The quantitative estimate of drug-likeness (QED) is 0.668. The maximum atomic E-state index is 12.9. The third-order valence-corrected chi connectivity index (χ3v) is 6.10. The molecule has 2 atom stereocenters. The van der Waals surface area contributed by atoms with Gasteiger partial charge < -0.3 is 9.47 Å². The first-order chi connectivity index (χ1) is 14.6. The van der Waals surface area contributed by atoms with E-state index in [4.69, 9.17) is 0 Å².